The highest BCUT2D eigenvalue weighted by molar-refractivity contribution is 4.94. The maximum absolute atomic E-state index is 4.09. The van der Waals surface area contributed by atoms with E-state index in [-0.39, 0.29) is 0 Å². The lowest BCUT2D eigenvalue weighted by Crippen LogP contribution is -1.92. The maximum atomic E-state index is 4.09. The lowest BCUT2D eigenvalue weighted by atomic mass is 10.1. The monoisotopic (exact) mass is 123 g/mol. The number of imidazole rings is 1. The lowest BCUT2D eigenvalue weighted by Gasteiger charge is -2.01. The van der Waals surface area contributed by atoms with E-state index >= 15 is 0 Å². The third kappa shape index (κ3) is 1.31. The Bertz CT molecular complexity index is 155. The van der Waals surface area contributed by atoms with Crippen LogP contribution in [0.5, 0.6) is 0 Å². The van der Waals surface area contributed by atoms with Crippen molar-refractivity contribution in [3.63, 3.8) is 0 Å². The highest BCUT2D eigenvalue weighted by atomic mass is 14.9. The second-order valence-corrected chi connectivity index (χ2v) is 2.16. The van der Waals surface area contributed by atoms with Crippen LogP contribution in [0.15, 0.2) is 12.4 Å². The van der Waals surface area contributed by atoms with E-state index in [1.165, 1.54) is 0 Å². The number of rotatable bonds is 2. The molecule has 1 heterocycles. The Morgan fingerprint density at radius 1 is 1.89 bits per heavy atom. The summed E-state index contributed by atoms with van der Waals surface area (Å²) in [6.07, 6.45) is 4.50. The predicted molar refractivity (Wildman–Crippen MR) is 37.0 cm³/mol. The van der Waals surface area contributed by atoms with Crippen molar-refractivity contribution < 1.29 is 0 Å². The van der Waals surface area contributed by atoms with Crippen molar-refractivity contribution in [2.45, 2.75) is 19.3 Å². The molecule has 2 nitrogen and oxygen atoms in total. The molecular weight excluding hydrogens is 112 g/mol. The Hall–Kier alpha value is -0.790. The Morgan fingerprint density at radius 2 is 2.67 bits per heavy atom. The van der Waals surface area contributed by atoms with Crippen LogP contribution in [-0.4, -0.2) is 9.97 Å². The minimum absolute atomic E-state index is 0.458. The van der Waals surface area contributed by atoms with E-state index in [0.717, 1.165) is 12.2 Å². The molecule has 0 aliphatic heterocycles. The first kappa shape index (κ1) is 6.33. The van der Waals surface area contributed by atoms with Crippen LogP contribution in [0, 0.1) is 6.92 Å². The van der Waals surface area contributed by atoms with Crippen LogP contribution in [0.25, 0.3) is 0 Å². The molecule has 0 saturated heterocycles. The summed E-state index contributed by atoms with van der Waals surface area (Å²) < 4.78 is 0. The Balaban J connectivity index is 2.65. The molecule has 2 heteroatoms. The summed E-state index contributed by atoms with van der Waals surface area (Å²) in [5.41, 5.74) is 0. The topological polar surface area (TPSA) is 28.7 Å². The van der Waals surface area contributed by atoms with Gasteiger partial charge in [0.05, 0.1) is 0 Å². The van der Waals surface area contributed by atoms with E-state index in [0.29, 0.717) is 5.92 Å². The summed E-state index contributed by atoms with van der Waals surface area (Å²) in [5.74, 6) is 1.49. The maximum Gasteiger partial charge on any atom is 0.108 e. The number of hydrogen-bond donors (Lipinski definition) is 1. The van der Waals surface area contributed by atoms with Crippen molar-refractivity contribution in [1.29, 1.82) is 0 Å². The number of hydrogen-bond acceptors (Lipinski definition) is 1. The van der Waals surface area contributed by atoms with Gasteiger partial charge < -0.3 is 4.98 Å². The fourth-order valence-electron chi connectivity index (χ4n) is 0.684. The molecule has 0 amide bonds. The van der Waals surface area contributed by atoms with Crippen molar-refractivity contribution in [2.75, 3.05) is 0 Å². The molecule has 0 aromatic carbocycles. The van der Waals surface area contributed by atoms with Gasteiger partial charge in [-0.05, 0) is 6.42 Å². The van der Waals surface area contributed by atoms with Gasteiger partial charge in [0, 0.05) is 18.3 Å². The predicted octanol–water partition coefficient (Wildman–Crippen LogP) is 1.74. The fourth-order valence-corrected chi connectivity index (χ4v) is 0.684. The normalized spacial score (nSPS) is 13.6. The smallest absolute Gasteiger partial charge is 0.108 e. The van der Waals surface area contributed by atoms with Crippen molar-refractivity contribution >= 4 is 0 Å². The van der Waals surface area contributed by atoms with Crippen LogP contribution in [0.3, 0.4) is 0 Å². The second-order valence-electron chi connectivity index (χ2n) is 2.16. The standard InChI is InChI=1S/C7H11N2/c1-3-6(2)7-8-4-5-9-7/h4-6H,1,3H2,2H3,(H,8,9). The quantitative estimate of drug-likeness (QED) is 0.637. The number of aromatic amines is 1. The Kier molecular flexibility index (Phi) is 1.88. The zero-order valence-electron chi connectivity index (χ0n) is 5.59. The molecule has 1 radical (unpaired) electrons. The highest BCUT2D eigenvalue weighted by Crippen LogP contribution is 2.11. The molecular formula is C7H11N2. The van der Waals surface area contributed by atoms with Crippen LogP contribution >= 0.6 is 0 Å². The number of nitrogens with zero attached hydrogens (tertiary/aromatic N) is 1. The van der Waals surface area contributed by atoms with Crippen molar-refractivity contribution in [3.8, 4) is 0 Å². The van der Waals surface area contributed by atoms with Gasteiger partial charge >= 0.3 is 0 Å². The van der Waals surface area contributed by atoms with Crippen LogP contribution in [0.1, 0.15) is 25.1 Å². The molecule has 0 aliphatic rings. The van der Waals surface area contributed by atoms with E-state index in [1.807, 2.05) is 6.20 Å². The van der Waals surface area contributed by atoms with Crippen molar-refractivity contribution in [2.24, 2.45) is 0 Å². The SMILES string of the molecule is [CH2]CC(C)c1ncc[nH]1. The summed E-state index contributed by atoms with van der Waals surface area (Å²) in [6.45, 7) is 5.88. The largest absolute Gasteiger partial charge is 0.348 e. The van der Waals surface area contributed by atoms with E-state index in [4.69, 9.17) is 0 Å². The van der Waals surface area contributed by atoms with E-state index in [2.05, 4.69) is 23.8 Å². The van der Waals surface area contributed by atoms with Gasteiger partial charge in [-0.15, -0.1) is 0 Å². The zero-order valence-corrected chi connectivity index (χ0v) is 5.59. The average molecular weight is 123 g/mol. The molecule has 1 N–H and O–H groups in total. The second kappa shape index (κ2) is 2.67. The van der Waals surface area contributed by atoms with Gasteiger partial charge in [-0.1, -0.05) is 13.8 Å². The summed E-state index contributed by atoms with van der Waals surface area (Å²) in [6, 6.07) is 0. The third-order valence-electron chi connectivity index (χ3n) is 1.42. The molecule has 0 spiro atoms. The van der Waals surface area contributed by atoms with Gasteiger partial charge in [0.25, 0.3) is 0 Å². The molecule has 0 bridgehead atoms. The number of aromatic nitrogens is 2. The molecule has 0 fully saturated rings. The molecule has 49 valence electrons. The summed E-state index contributed by atoms with van der Waals surface area (Å²) >= 11 is 0. The summed E-state index contributed by atoms with van der Waals surface area (Å²) in [7, 11) is 0. The molecule has 1 aromatic rings. The highest BCUT2D eigenvalue weighted by Gasteiger charge is 2.02. The van der Waals surface area contributed by atoms with Gasteiger partial charge in [-0.2, -0.15) is 0 Å². The Labute approximate surface area is 55.3 Å². The molecule has 0 aliphatic carbocycles. The lowest BCUT2D eigenvalue weighted by molar-refractivity contribution is 0.725. The van der Waals surface area contributed by atoms with Crippen LogP contribution in [0.4, 0.5) is 0 Å². The summed E-state index contributed by atoms with van der Waals surface area (Å²) in [4.78, 5) is 7.13. The van der Waals surface area contributed by atoms with Gasteiger partial charge in [0.2, 0.25) is 0 Å². The Morgan fingerprint density at radius 3 is 3.11 bits per heavy atom. The summed E-state index contributed by atoms with van der Waals surface area (Å²) in [5, 5.41) is 0. The van der Waals surface area contributed by atoms with Crippen LogP contribution < -0.4 is 0 Å². The van der Waals surface area contributed by atoms with E-state index < -0.39 is 0 Å². The molecule has 1 rings (SSSR count). The molecule has 1 aromatic heterocycles. The number of H-pyrrole nitrogens is 1. The van der Waals surface area contributed by atoms with Crippen molar-refractivity contribution in [1.82, 2.24) is 9.97 Å². The zero-order chi connectivity index (χ0) is 6.69. The van der Waals surface area contributed by atoms with Gasteiger partial charge in [-0.25, -0.2) is 4.98 Å². The minimum atomic E-state index is 0.458. The third-order valence-corrected chi connectivity index (χ3v) is 1.42. The average Bonchev–Trinajstić information content (AvgIpc) is 2.37. The van der Waals surface area contributed by atoms with Crippen LogP contribution in [-0.2, 0) is 0 Å². The van der Waals surface area contributed by atoms with Gasteiger partial charge in [-0.3, -0.25) is 0 Å². The molecule has 1 atom stereocenters. The molecule has 9 heavy (non-hydrogen) atoms. The van der Waals surface area contributed by atoms with Crippen molar-refractivity contribution in [3.05, 3.63) is 25.1 Å². The first-order valence-electron chi connectivity index (χ1n) is 3.13. The fraction of sp³-hybridized carbons (Fsp3) is 0.429. The minimum Gasteiger partial charge on any atom is -0.348 e. The van der Waals surface area contributed by atoms with E-state index in [9.17, 15) is 0 Å². The first-order valence-corrected chi connectivity index (χ1v) is 3.13. The van der Waals surface area contributed by atoms with Gasteiger partial charge in [0.1, 0.15) is 5.82 Å². The molecule has 0 saturated carbocycles. The number of nitrogens with one attached hydrogen (secondary N) is 1. The van der Waals surface area contributed by atoms with Gasteiger partial charge in [0.15, 0.2) is 0 Å². The first-order chi connectivity index (χ1) is 4.34. The van der Waals surface area contributed by atoms with E-state index in [1.54, 1.807) is 6.20 Å². The van der Waals surface area contributed by atoms with Crippen LogP contribution in [0.2, 0.25) is 0 Å². The molecule has 1 unspecified atom stereocenters.